The van der Waals surface area contributed by atoms with Crippen LogP contribution in [0.15, 0.2) is 43.1 Å². The second-order valence-electron chi connectivity index (χ2n) is 13.4. The molecule has 48 heavy (non-hydrogen) atoms. The van der Waals surface area contributed by atoms with Crippen molar-refractivity contribution in [3.63, 3.8) is 0 Å². The number of tetrazole rings is 1. The van der Waals surface area contributed by atoms with Gasteiger partial charge < -0.3 is 24.3 Å². The van der Waals surface area contributed by atoms with E-state index in [1.54, 1.807) is 36.6 Å². The van der Waals surface area contributed by atoms with Crippen LogP contribution >= 0.6 is 11.6 Å². The third-order valence-corrected chi connectivity index (χ3v) is 9.07. The fraction of sp³-hybridized carbons (Fsp3) is 0.576. The number of nitrogens with one attached hydrogen (secondary N) is 1. The van der Waals surface area contributed by atoms with Crippen molar-refractivity contribution >= 4 is 23.2 Å². The molecule has 6 rings (SSSR count). The number of ether oxygens (including phenoxy) is 4. The Kier molecular flexibility index (Phi) is 11.0. The van der Waals surface area contributed by atoms with Crippen LogP contribution in [0.3, 0.4) is 0 Å². The molecule has 1 N–H and O–H groups in total. The third-order valence-electron chi connectivity index (χ3n) is 8.76. The molecule has 0 radical (unpaired) electrons. The van der Waals surface area contributed by atoms with Crippen LogP contribution in [-0.4, -0.2) is 104 Å². The van der Waals surface area contributed by atoms with E-state index in [1.165, 1.54) is 0 Å². The summed E-state index contributed by atoms with van der Waals surface area (Å²) >= 11 is 6.47. The second-order valence-corrected chi connectivity index (χ2v) is 13.8. The van der Waals surface area contributed by atoms with Crippen LogP contribution in [0.4, 0.5) is 11.6 Å². The minimum absolute atomic E-state index is 0.184. The van der Waals surface area contributed by atoms with E-state index in [2.05, 4.69) is 54.2 Å². The molecule has 2 fully saturated rings. The average molecular weight is 681 g/mol. The first-order valence-corrected chi connectivity index (χ1v) is 16.9. The van der Waals surface area contributed by atoms with Crippen LogP contribution in [0.1, 0.15) is 52.5 Å². The van der Waals surface area contributed by atoms with Crippen LogP contribution < -0.4 is 14.8 Å². The first-order chi connectivity index (χ1) is 23.3. The van der Waals surface area contributed by atoms with Gasteiger partial charge in [0, 0.05) is 49.6 Å². The van der Waals surface area contributed by atoms with Gasteiger partial charge >= 0.3 is 0 Å². The van der Waals surface area contributed by atoms with Gasteiger partial charge in [0.05, 0.1) is 50.2 Å². The van der Waals surface area contributed by atoms with Crippen LogP contribution in [0, 0.1) is 5.41 Å². The summed E-state index contributed by atoms with van der Waals surface area (Å²) in [6.45, 7) is 11.4. The molecule has 1 atom stereocenters. The van der Waals surface area contributed by atoms with Crippen molar-refractivity contribution in [2.75, 3.05) is 51.9 Å². The minimum Gasteiger partial charge on any atom is -0.487 e. The first-order valence-electron chi connectivity index (χ1n) is 16.6. The maximum absolute atomic E-state index is 6.47. The number of hydrogen-bond acceptors (Lipinski definition) is 12. The van der Waals surface area contributed by atoms with Gasteiger partial charge in [0.15, 0.2) is 0 Å². The lowest BCUT2D eigenvalue weighted by molar-refractivity contribution is 0.00499. The molecule has 1 unspecified atom stereocenters. The van der Waals surface area contributed by atoms with Gasteiger partial charge in [-0.3, -0.25) is 9.58 Å². The van der Waals surface area contributed by atoms with Crippen molar-refractivity contribution < 1.29 is 18.9 Å². The summed E-state index contributed by atoms with van der Waals surface area (Å²) in [4.78, 5) is 11.8. The largest absolute Gasteiger partial charge is 0.487 e. The fourth-order valence-electron chi connectivity index (χ4n) is 6.30. The zero-order valence-electron chi connectivity index (χ0n) is 28.1. The van der Waals surface area contributed by atoms with Gasteiger partial charge in [0.25, 0.3) is 5.88 Å². The van der Waals surface area contributed by atoms with E-state index in [1.807, 2.05) is 25.3 Å². The summed E-state index contributed by atoms with van der Waals surface area (Å²) in [5, 5.41) is 20.0. The highest BCUT2D eigenvalue weighted by atomic mass is 35.5. The Bertz CT molecular complexity index is 1590. The number of morpholine rings is 1. The number of aromatic nitrogens is 8. The molecule has 1 saturated carbocycles. The molecule has 1 aliphatic heterocycles. The van der Waals surface area contributed by atoms with Crippen molar-refractivity contribution in [2.24, 2.45) is 5.41 Å². The minimum atomic E-state index is -0.207. The van der Waals surface area contributed by atoms with Gasteiger partial charge in [-0.05, 0) is 60.7 Å². The van der Waals surface area contributed by atoms with Crippen molar-refractivity contribution in [3.05, 3.63) is 48.1 Å². The van der Waals surface area contributed by atoms with Crippen molar-refractivity contribution in [1.82, 2.24) is 44.9 Å². The highest BCUT2D eigenvalue weighted by Crippen LogP contribution is 2.36. The number of halogens is 1. The fourth-order valence-corrected chi connectivity index (χ4v) is 6.46. The van der Waals surface area contributed by atoms with Crippen LogP contribution in [0.25, 0.3) is 11.1 Å². The Hall–Kier alpha value is -3.85. The summed E-state index contributed by atoms with van der Waals surface area (Å²) in [6.07, 6.45) is 11.3. The highest BCUT2D eigenvalue weighted by Gasteiger charge is 2.29. The number of methoxy groups -OCH3 is 1. The maximum Gasteiger partial charge on any atom is 0.256 e. The molecule has 15 heteroatoms. The number of benzene rings is 1. The molecule has 1 aliphatic carbocycles. The average Bonchev–Trinajstić information content (AvgIpc) is 3.76. The first kappa shape index (κ1) is 34.0. The molecule has 14 nitrogen and oxygen atoms in total. The summed E-state index contributed by atoms with van der Waals surface area (Å²) in [7, 11) is 1.70. The van der Waals surface area contributed by atoms with Crippen LogP contribution in [0.5, 0.6) is 11.6 Å². The molecule has 0 bridgehead atoms. The predicted molar refractivity (Wildman–Crippen MR) is 181 cm³/mol. The summed E-state index contributed by atoms with van der Waals surface area (Å²) in [5.41, 5.74) is 2.24. The van der Waals surface area contributed by atoms with Gasteiger partial charge in [-0.1, -0.05) is 31.5 Å². The molecule has 1 aromatic carbocycles. The van der Waals surface area contributed by atoms with Gasteiger partial charge in [0.1, 0.15) is 23.9 Å². The maximum atomic E-state index is 6.47. The van der Waals surface area contributed by atoms with E-state index in [0.29, 0.717) is 54.4 Å². The molecule has 4 aromatic rings. The van der Waals surface area contributed by atoms with Gasteiger partial charge in [-0.2, -0.15) is 0 Å². The van der Waals surface area contributed by atoms with Crippen LogP contribution in [-0.2, 0) is 16.0 Å². The second kappa shape index (κ2) is 15.6. The van der Waals surface area contributed by atoms with E-state index in [4.69, 9.17) is 35.6 Å². The molecule has 0 spiro atoms. The van der Waals surface area contributed by atoms with E-state index in [9.17, 15) is 0 Å². The topological polar surface area (TPSA) is 139 Å². The zero-order valence-corrected chi connectivity index (χ0v) is 28.8. The lowest BCUT2D eigenvalue weighted by atomic mass is 9.90. The molecule has 3 aromatic heterocycles. The smallest absolute Gasteiger partial charge is 0.256 e. The van der Waals surface area contributed by atoms with Gasteiger partial charge in [-0.15, -0.1) is 10.2 Å². The van der Waals surface area contributed by atoms with Gasteiger partial charge in [0.2, 0.25) is 5.95 Å². The molecule has 258 valence electrons. The van der Waals surface area contributed by atoms with E-state index in [-0.39, 0.29) is 11.5 Å². The molecular weight excluding hydrogens is 636 g/mol. The Balaban J connectivity index is 1.14. The van der Waals surface area contributed by atoms with E-state index < -0.39 is 0 Å². The van der Waals surface area contributed by atoms with Crippen molar-refractivity contribution in [3.8, 4) is 22.8 Å². The zero-order chi connectivity index (χ0) is 33.5. The molecule has 0 amide bonds. The van der Waals surface area contributed by atoms with Crippen molar-refractivity contribution in [2.45, 2.75) is 71.2 Å². The lowest BCUT2D eigenvalue weighted by Gasteiger charge is -2.38. The number of rotatable bonds is 14. The standard InChI is InChI=1S/C33H45ClN10O4/c1-23(18-43-22-37-40-41-43)48-30-15-24(5-10-28(30)34)25-16-35-32(36-17-25)38-29-19-44(39-31(29)47-21-33(2,3)20-45-4)27-8-6-26(7-9-27)42-11-13-46-14-12-42/h5,10,15-17,19,22-23,26-27H,6-9,11-14,18,20-21H2,1-4H3,(H,35,36,38). The van der Waals surface area contributed by atoms with E-state index in [0.717, 1.165) is 68.8 Å². The number of nitrogens with zero attached hydrogens (tertiary/aromatic N) is 9. The predicted octanol–water partition coefficient (Wildman–Crippen LogP) is 5.06. The summed E-state index contributed by atoms with van der Waals surface area (Å²) in [5.74, 6) is 1.52. The van der Waals surface area contributed by atoms with Crippen LogP contribution in [0.2, 0.25) is 5.02 Å². The molecular formula is C33H45ClN10O4. The monoisotopic (exact) mass is 680 g/mol. The molecule has 1 saturated heterocycles. The van der Waals surface area contributed by atoms with Crippen molar-refractivity contribution in [1.29, 1.82) is 0 Å². The quantitative estimate of drug-likeness (QED) is 0.190. The third kappa shape index (κ3) is 8.78. The summed E-state index contributed by atoms with van der Waals surface area (Å²) in [6, 6.07) is 6.51. The Morgan fingerprint density at radius 2 is 1.79 bits per heavy atom. The Morgan fingerprint density at radius 3 is 2.50 bits per heavy atom. The Morgan fingerprint density at radius 1 is 1.04 bits per heavy atom. The SMILES string of the molecule is COCC(C)(C)COc1nn(C2CCC(N3CCOCC3)CC2)cc1Nc1ncc(-c2ccc(Cl)c(OC(C)Cn3cnnn3)c2)cn1. The van der Waals surface area contributed by atoms with E-state index >= 15 is 0 Å². The lowest BCUT2D eigenvalue weighted by Crippen LogP contribution is -2.45. The molecule has 4 heterocycles. The Labute approximate surface area is 286 Å². The molecule has 2 aliphatic rings. The summed E-state index contributed by atoms with van der Waals surface area (Å²) < 4.78 is 27.0. The van der Waals surface area contributed by atoms with Gasteiger partial charge in [-0.25, -0.2) is 14.6 Å². The highest BCUT2D eigenvalue weighted by molar-refractivity contribution is 6.32. The normalized spacial score (nSPS) is 19.6. The number of anilines is 2. The number of hydrogen-bond donors (Lipinski definition) is 1.